The molecule has 0 saturated heterocycles. The molecule has 1 heterocycles. The lowest BCUT2D eigenvalue weighted by Gasteiger charge is -2.26. The van der Waals surface area contributed by atoms with Crippen LogP contribution < -0.4 is 0 Å². The van der Waals surface area contributed by atoms with Gasteiger partial charge >= 0.3 is 15.6 Å². The lowest BCUT2D eigenvalue weighted by Crippen LogP contribution is -2.44. The van der Waals surface area contributed by atoms with Crippen LogP contribution in [0.3, 0.4) is 0 Å². The second kappa shape index (κ2) is 7.83. The van der Waals surface area contributed by atoms with Gasteiger partial charge in [-0.2, -0.15) is 21.6 Å². The van der Waals surface area contributed by atoms with E-state index in [0.717, 1.165) is 15.7 Å². The molecule has 34 heavy (non-hydrogen) atoms. The van der Waals surface area contributed by atoms with Crippen molar-refractivity contribution in [2.45, 2.75) is 15.3 Å². The van der Waals surface area contributed by atoms with Gasteiger partial charge in [-0.05, 0) is 46.5 Å². The van der Waals surface area contributed by atoms with Gasteiger partial charge < -0.3 is 0 Å². The number of alkyl halides is 3. The van der Waals surface area contributed by atoms with Crippen molar-refractivity contribution < 1.29 is 35.5 Å². The number of nitrogens with zero attached hydrogens (tertiary/aromatic N) is 1. The van der Waals surface area contributed by atoms with Gasteiger partial charge in [0, 0.05) is 15.2 Å². The fourth-order valence-corrected chi connectivity index (χ4v) is 5.11. The van der Waals surface area contributed by atoms with Crippen LogP contribution in [0, 0.1) is 0 Å². The second-order valence-corrected chi connectivity index (χ2v) is 9.97. The van der Waals surface area contributed by atoms with Gasteiger partial charge in [-0.15, -0.1) is 9.35 Å². The molecule has 1 aliphatic rings. The Morgan fingerprint density at radius 2 is 1.47 bits per heavy atom. The van der Waals surface area contributed by atoms with Crippen LogP contribution >= 0.6 is 11.8 Å². The van der Waals surface area contributed by atoms with Crippen LogP contribution in [0.4, 0.5) is 13.2 Å². The van der Waals surface area contributed by atoms with E-state index < -0.39 is 27.4 Å². The van der Waals surface area contributed by atoms with Gasteiger partial charge in [-0.3, -0.25) is 9.59 Å². The molecule has 0 fully saturated rings. The van der Waals surface area contributed by atoms with Gasteiger partial charge in [0.15, 0.2) is 0 Å². The SMILES string of the molecule is O=C1c2cccc3c(Sc4ccc5ccccc5c4)ccc(c23)C(=O)N1OS(=O)(=O)C(F)(F)F. The number of benzene rings is 4. The molecule has 0 aromatic heterocycles. The fourth-order valence-electron chi connectivity index (χ4n) is 3.70. The Balaban J connectivity index is 1.57. The highest BCUT2D eigenvalue weighted by Crippen LogP contribution is 2.40. The Bertz CT molecular complexity index is 1590. The number of fused-ring (bicyclic) bond motifs is 1. The Morgan fingerprint density at radius 3 is 2.18 bits per heavy atom. The number of imide groups is 1. The van der Waals surface area contributed by atoms with Crippen LogP contribution in [0.1, 0.15) is 20.7 Å². The van der Waals surface area contributed by atoms with Gasteiger partial charge in [-0.1, -0.05) is 54.2 Å². The first-order valence-electron chi connectivity index (χ1n) is 9.69. The van der Waals surface area contributed by atoms with E-state index in [4.69, 9.17) is 0 Å². The van der Waals surface area contributed by atoms with E-state index in [1.807, 2.05) is 42.5 Å². The zero-order chi connectivity index (χ0) is 24.3. The minimum absolute atomic E-state index is 0.148. The number of hydroxylamine groups is 2. The van der Waals surface area contributed by atoms with Crippen molar-refractivity contribution in [2.24, 2.45) is 0 Å². The summed E-state index contributed by atoms with van der Waals surface area (Å²) in [4.78, 5) is 27.2. The molecule has 0 bridgehead atoms. The normalized spacial score (nSPS) is 14.3. The summed E-state index contributed by atoms with van der Waals surface area (Å²) in [5.74, 6) is -2.60. The van der Waals surface area contributed by atoms with Crippen molar-refractivity contribution >= 4 is 55.2 Å². The molecule has 6 nitrogen and oxygen atoms in total. The van der Waals surface area contributed by atoms with Crippen LogP contribution in [0.15, 0.2) is 82.6 Å². The number of halogens is 3. The van der Waals surface area contributed by atoms with Crippen LogP contribution in [0.5, 0.6) is 0 Å². The summed E-state index contributed by atoms with van der Waals surface area (Å²) >= 11 is 1.39. The molecule has 4 aromatic rings. The van der Waals surface area contributed by atoms with Gasteiger partial charge in [-0.25, -0.2) is 0 Å². The summed E-state index contributed by atoms with van der Waals surface area (Å²) in [7, 11) is -6.22. The van der Waals surface area contributed by atoms with Crippen LogP contribution in [-0.4, -0.2) is 30.8 Å². The van der Waals surface area contributed by atoms with Crippen LogP contribution in [-0.2, 0) is 14.4 Å². The molecule has 0 unspecified atom stereocenters. The molecule has 1 aliphatic heterocycles. The molecule has 0 N–H and O–H groups in total. The highest BCUT2D eigenvalue weighted by molar-refractivity contribution is 7.99. The summed E-state index contributed by atoms with van der Waals surface area (Å²) in [5, 5.41) is 2.46. The first kappa shape index (κ1) is 22.4. The van der Waals surface area contributed by atoms with Gasteiger partial charge in [0.25, 0.3) is 11.8 Å². The minimum atomic E-state index is -6.22. The van der Waals surface area contributed by atoms with E-state index in [-0.39, 0.29) is 21.6 Å². The molecule has 0 radical (unpaired) electrons. The third-order valence-corrected chi connectivity index (χ3v) is 7.21. The summed E-state index contributed by atoms with van der Waals surface area (Å²) in [6, 6.07) is 21.1. The third-order valence-electron chi connectivity index (χ3n) is 5.24. The highest BCUT2D eigenvalue weighted by Gasteiger charge is 2.51. The van der Waals surface area contributed by atoms with Crippen molar-refractivity contribution in [3.05, 3.63) is 83.9 Å². The Kier molecular flexibility index (Phi) is 5.15. The smallest absolute Gasteiger partial charge is 0.266 e. The Morgan fingerprint density at radius 1 is 0.794 bits per heavy atom. The molecule has 0 saturated carbocycles. The summed E-state index contributed by atoms with van der Waals surface area (Å²) in [6.07, 6.45) is 0. The van der Waals surface area contributed by atoms with E-state index >= 15 is 0 Å². The molecule has 0 atom stereocenters. The van der Waals surface area contributed by atoms with Crippen LogP contribution in [0.25, 0.3) is 21.5 Å². The monoisotopic (exact) mass is 503 g/mol. The standard InChI is InChI=1S/C23H12F3NO5S2/c24-23(25,26)34(30,31)32-27-21(28)17-7-3-6-16-19(11-10-18(20(16)17)22(27)29)33-15-9-8-13-4-1-2-5-14(13)12-15/h1-12H. The van der Waals surface area contributed by atoms with Crippen molar-refractivity contribution in [1.82, 2.24) is 5.06 Å². The van der Waals surface area contributed by atoms with Gasteiger partial charge in [0.1, 0.15) is 0 Å². The second-order valence-electron chi connectivity index (χ2n) is 7.33. The quantitative estimate of drug-likeness (QED) is 0.269. The van der Waals surface area contributed by atoms with Gasteiger partial charge in [0.05, 0.1) is 11.1 Å². The number of rotatable bonds is 4. The number of carbonyl (C=O) groups is 2. The summed E-state index contributed by atoms with van der Waals surface area (Å²) in [6.45, 7) is 0. The van der Waals surface area contributed by atoms with Crippen molar-refractivity contribution in [3.63, 3.8) is 0 Å². The molecule has 0 spiro atoms. The zero-order valence-corrected chi connectivity index (χ0v) is 18.5. The predicted molar refractivity (Wildman–Crippen MR) is 119 cm³/mol. The maximum absolute atomic E-state index is 12.8. The average molecular weight is 503 g/mol. The molecule has 2 amide bonds. The summed E-state index contributed by atoms with van der Waals surface area (Å²) in [5.41, 5.74) is -6.10. The molecule has 172 valence electrons. The number of hydrogen-bond donors (Lipinski definition) is 0. The van der Waals surface area contributed by atoms with Crippen molar-refractivity contribution in [2.75, 3.05) is 0 Å². The lowest BCUT2D eigenvalue weighted by atomic mass is 9.95. The maximum atomic E-state index is 12.8. The molecule has 11 heteroatoms. The first-order valence-corrected chi connectivity index (χ1v) is 11.9. The first-order chi connectivity index (χ1) is 16.1. The van der Waals surface area contributed by atoms with E-state index in [2.05, 4.69) is 4.28 Å². The van der Waals surface area contributed by atoms with E-state index in [0.29, 0.717) is 10.3 Å². The van der Waals surface area contributed by atoms with E-state index in [1.165, 1.54) is 30.0 Å². The van der Waals surface area contributed by atoms with Crippen molar-refractivity contribution in [1.29, 1.82) is 0 Å². The van der Waals surface area contributed by atoms with Crippen LogP contribution in [0.2, 0.25) is 0 Å². The maximum Gasteiger partial charge on any atom is 0.525 e. The Hall–Kier alpha value is -3.41. The molecule has 0 aliphatic carbocycles. The molecule has 4 aromatic carbocycles. The van der Waals surface area contributed by atoms with E-state index in [1.54, 1.807) is 12.1 Å². The lowest BCUT2D eigenvalue weighted by molar-refractivity contribution is -0.0761. The number of amides is 2. The third kappa shape index (κ3) is 3.61. The van der Waals surface area contributed by atoms with Crippen molar-refractivity contribution in [3.8, 4) is 0 Å². The fraction of sp³-hybridized carbons (Fsp3) is 0.0435. The van der Waals surface area contributed by atoms with E-state index in [9.17, 15) is 31.2 Å². The highest BCUT2D eigenvalue weighted by atomic mass is 32.2. The number of hydrogen-bond acceptors (Lipinski definition) is 6. The summed E-state index contributed by atoms with van der Waals surface area (Å²) < 4.78 is 65.0. The van der Waals surface area contributed by atoms with Gasteiger partial charge in [0.2, 0.25) is 0 Å². The molecule has 5 rings (SSSR count). The predicted octanol–water partition coefficient (Wildman–Crippen LogP) is 5.52. The largest absolute Gasteiger partial charge is 0.525 e. The zero-order valence-electron chi connectivity index (χ0n) is 16.9. The molecular weight excluding hydrogens is 491 g/mol. The molecular formula is C23H12F3NO5S2. The minimum Gasteiger partial charge on any atom is -0.266 e. The Labute approximate surface area is 195 Å². The average Bonchev–Trinajstić information content (AvgIpc) is 2.80. The topological polar surface area (TPSA) is 80.8 Å². The number of carbonyl (C=O) groups excluding carboxylic acids is 2.